The van der Waals surface area contributed by atoms with Gasteiger partial charge in [-0.2, -0.15) is 5.26 Å². The summed E-state index contributed by atoms with van der Waals surface area (Å²) in [5, 5.41) is 7.62. The smallest absolute Gasteiger partial charge is 0.430 e. The van der Waals surface area contributed by atoms with Crippen LogP contribution in [-0.4, -0.2) is 31.7 Å². The molecule has 5 heteroatoms. The van der Waals surface area contributed by atoms with E-state index in [2.05, 4.69) is 14.4 Å². The van der Waals surface area contributed by atoms with Crippen molar-refractivity contribution in [3.05, 3.63) is 0 Å². The fourth-order valence-electron chi connectivity index (χ4n) is 0.235. The molecule has 0 spiro atoms. The maximum absolute atomic E-state index is 9.94. The minimum atomic E-state index is -1.12. The van der Waals surface area contributed by atoms with E-state index in [1.807, 2.05) is 0 Å². The van der Waals surface area contributed by atoms with E-state index in [-0.39, 0.29) is 13.2 Å². The fraction of sp³-hybridized carbons (Fsp3) is 0.750. The second-order valence-corrected chi connectivity index (χ2v) is 1.18. The standard InChI is InChI=1S/C4H8O5/c1-7-2-3-8-4(5)9-6/h6H,2-3H2,1H3. The molecule has 0 aromatic heterocycles. The molecule has 0 radical (unpaired) electrons. The first-order valence-electron chi connectivity index (χ1n) is 2.28. The van der Waals surface area contributed by atoms with Crippen LogP contribution in [0.3, 0.4) is 0 Å². The predicted molar refractivity (Wildman–Crippen MR) is 26.9 cm³/mol. The minimum Gasteiger partial charge on any atom is -0.430 e. The van der Waals surface area contributed by atoms with Gasteiger partial charge in [0.1, 0.15) is 6.61 Å². The van der Waals surface area contributed by atoms with Gasteiger partial charge in [0.2, 0.25) is 0 Å². The van der Waals surface area contributed by atoms with Crippen LogP contribution in [0.4, 0.5) is 4.79 Å². The monoisotopic (exact) mass is 136 g/mol. The van der Waals surface area contributed by atoms with Crippen LogP contribution >= 0.6 is 0 Å². The Morgan fingerprint density at radius 3 is 2.67 bits per heavy atom. The number of rotatable bonds is 3. The molecule has 0 aliphatic rings. The number of hydrogen-bond donors (Lipinski definition) is 1. The molecule has 0 rings (SSSR count). The van der Waals surface area contributed by atoms with E-state index in [9.17, 15) is 4.79 Å². The maximum Gasteiger partial charge on any atom is 0.540 e. The third-order valence-electron chi connectivity index (χ3n) is 0.582. The van der Waals surface area contributed by atoms with Gasteiger partial charge in [-0.15, -0.1) is 0 Å². The summed E-state index contributed by atoms with van der Waals surface area (Å²) in [4.78, 5) is 13.1. The Morgan fingerprint density at radius 1 is 1.56 bits per heavy atom. The normalized spacial score (nSPS) is 8.67. The van der Waals surface area contributed by atoms with Gasteiger partial charge in [-0.05, 0) is 0 Å². The van der Waals surface area contributed by atoms with Crippen LogP contribution in [0.25, 0.3) is 0 Å². The first kappa shape index (κ1) is 8.19. The van der Waals surface area contributed by atoms with Gasteiger partial charge in [0.05, 0.1) is 6.61 Å². The molecule has 0 heterocycles. The average Bonchev–Trinajstić information content (AvgIpc) is 1.89. The largest absolute Gasteiger partial charge is 0.540 e. The van der Waals surface area contributed by atoms with Crippen molar-refractivity contribution in [2.24, 2.45) is 0 Å². The van der Waals surface area contributed by atoms with Gasteiger partial charge in [0, 0.05) is 7.11 Å². The van der Waals surface area contributed by atoms with E-state index < -0.39 is 6.16 Å². The van der Waals surface area contributed by atoms with Gasteiger partial charge in [-0.3, -0.25) is 4.89 Å². The van der Waals surface area contributed by atoms with Crippen molar-refractivity contribution in [1.82, 2.24) is 0 Å². The minimum absolute atomic E-state index is 0.0793. The first-order valence-corrected chi connectivity index (χ1v) is 2.28. The molecule has 9 heavy (non-hydrogen) atoms. The van der Waals surface area contributed by atoms with E-state index in [4.69, 9.17) is 5.26 Å². The Morgan fingerprint density at radius 2 is 2.22 bits per heavy atom. The Hall–Kier alpha value is -0.810. The molecule has 5 nitrogen and oxygen atoms in total. The second kappa shape index (κ2) is 5.33. The van der Waals surface area contributed by atoms with Crippen molar-refractivity contribution in [2.45, 2.75) is 0 Å². The van der Waals surface area contributed by atoms with Gasteiger partial charge in [-0.1, -0.05) is 0 Å². The highest BCUT2D eigenvalue weighted by atomic mass is 17.1. The van der Waals surface area contributed by atoms with Crippen molar-refractivity contribution < 1.29 is 24.4 Å². The number of methoxy groups -OCH3 is 1. The lowest BCUT2D eigenvalue weighted by molar-refractivity contribution is -0.201. The second-order valence-electron chi connectivity index (χ2n) is 1.18. The van der Waals surface area contributed by atoms with Gasteiger partial charge in [-0.25, -0.2) is 4.79 Å². The molecule has 0 aliphatic carbocycles. The molecule has 0 saturated heterocycles. The molecule has 0 aromatic carbocycles. The molecule has 1 N–H and O–H groups in total. The molecule has 0 bridgehead atoms. The topological polar surface area (TPSA) is 65.0 Å². The predicted octanol–water partition coefficient (Wildman–Crippen LogP) is 0.259. The maximum atomic E-state index is 9.94. The molecule has 0 atom stereocenters. The number of carbonyl (C=O) groups excluding carboxylic acids is 1. The van der Waals surface area contributed by atoms with Crippen molar-refractivity contribution in [3.8, 4) is 0 Å². The summed E-state index contributed by atoms with van der Waals surface area (Å²) < 4.78 is 8.72. The summed E-state index contributed by atoms with van der Waals surface area (Å²) in [6.45, 7) is 0.366. The molecule has 0 unspecified atom stereocenters. The van der Waals surface area contributed by atoms with Crippen LogP contribution in [-0.2, 0) is 14.4 Å². The van der Waals surface area contributed by atoms with Gasteiger partial charge < -0.3 is 9.47 Å². The van der Waals surface area contributed by atoms with Crippen molar-refractivity contribution in [3.63, 3.8) is 0 Å². The van der Waals surface area contributed by atoms with E-state index in [0.29, 0.717) is 0 Å². The summed E-state index contributed by atoms with van der Waals surface area (Å²) in [5.74, 6) is 0. The molecule has 0 saturated carbocycles. The lowest BCUT2D eigenvalue weighted by Gasteiger charge is -1.98. The Bertz CT molecular complexity index is 81.0. The van der Waals surface area contributed by atoms with E-state index in [1.54, 1.807) is 0 Å². The number of ether oxygens (including phenoxy) is 2. The molecule has 0 aromatic rings. The van der Waals surface area contributed by atoms with Crippen LogP contribution in [0.5, 0.6) is 0 Å². The van der Waals surface area contributed by atoms with E-state index >= 15 is 0 Å². The van der Waals surface area contributed by atoms with Crippen molar-refractivity contribution in [2.75, 3.05) is 20.3 Å². The third-order valence-corrected chi connectivity index (χ3v) is 0.582. The van der Waals surface area contributed by atoms with Crippen LogP contribution in [0.2, 0.25) is 0 Å². The summed E-state index contributed by atoms with van der Waals surface area (Å²) in [7, 11) is 1.47. The number of hydrogen-bond acceptors (Lipinski definition) is 5. The quantitative estimate of drug-likeness (QED) is 0.261. The zero-order chi connectivity index (χ0) is 7.11. The summed E-state index contributed by atoms with van der Waals surface area (Å²) in [6, 6.07) is 0. The van der Waals surface area contributed by atoms with Crippen LogP contribution in [0, 0.1) is 0 Å². The van der Waals surface area contributed by atoms with Crippen LogP contribution < -0.4 is 0 Å². The van der Waals surface area contributed by atoms with Crippen LogP contribution in [0.15, 0.2) is 0 Å². The van der Waals surface area contributed by atoms with Crippen molar-refractivity contribution in [1.29, 1.82) is 0 Å². The van der Waals surface area contributed by atoms with Gasteiger partial charge >= 0.3 is 6.16 Å². The first-order chi connectivity index (χ1) is 4.31. The third kappa shape index (κ3) is 5.05. The molecule has 0 fully saturated rings. The lowest BCUT2D eigenvalue weighted by atomic mass is 10.8. The Kier molecular flexibility index (Phi) is 4.85. The number of carbonyl (C=O) groups is 1. The van der Waals surface area contributed by atoms with E-state index in [1.165, 1.54) is 7.11 Å². The van der Waals surface area contributed by atoms with Crippen LogP contribution in [0.1, 0.15) is 0 Å². The summed E-state index contributed by atoms with van der Waals surface area (Å²) in [6.07, 6.45) is -1.12. The summed E-state index contributed by atoms with van der Waals surface area (Å²) in [5.41, 5.74) is 0. The zero-order valence-electron chi connectivity index (χ0n) is 4.99. The molecule has 0 amide bonds. The molecular weight excluding hydrogens is 128 g/mol. The Balaban J connectivity index is 2.97. The zero-order valence-corrected chi connectivity index (χ0v) is 4.99. The fourth-order valence-corrected chi connectivity index (χ4v) is 0.235. The SMILES string of the molecule is COCCOC(=O)OO. The average molecular weight is 136 g/mol. The van der Waals surface area contributed by atoms with Gasteiger partial charge in [0.15, 0.2) is 0 Å². The summed E-state index contributed by atoms with van der Waals surface area (Å²) >= 11 is 0. The highest BCUT2D eigenvalue weighted by Crippen LogP contribution is 1.80. The highest BCUT2D eigenvalue weighted by Gasteiger charge is 1.99. The van der Waals surface area contributed by atoms with Crippen molar-refractivity contribution >= 4 is 6.16 Å². The van der Waals surface area contributed by atoms with Gasteiger partial charge in [0.25, 0.3) is 0 Å². The molecular formula is C4H8O5. The molecule has 54 valence electrons. The lowest BCUT2D eigenvalue weighted by Crippen LogP contribution is -2.09. The Labute approximate surface area is 52.1 Å². The highest BCUT2D eigenvalue weighted by molar-refractivity contribution is 5.58. The van der Waals surface area contributed by atoms with E-state index in [0.717, 1.165) is 0 Å². The molecule has 0 aliphatic heterocycles.